The minimum atomic E-state index is -3.04. The van der Waals surface area contributed by atoms with Crippen LogP contribution in [0.3, 0.4) is 0 Å². The number of ether oxygens (including phenoxy) is 1. The largest absolute Gasteiger partial charge is 0.432 e. The molecule has 0 aliphatic rings. The van der Waals surface area contributed by atoms with Crippen molar-refractivity contribution in [2.45, 2.75) is 26.5 Å². The van der Waals surface area contributed by atoms with E-state index in [2.05, 4.69) is 9.72 Å². The van der Waals surface area contributed by atoms with Gasteiger partial charge in [0.15, 0.2) is 11.6 Å². The quantitative estimate of drug-likeness (QED) is 0.843. The molecular formula is C13H13F3N2O. The highest BCUT2D eigenvalue weighted by molar-refractivity contribution is 5.60. The predicted octanol–water partition coefficient (Wildman–Crippen LogP) is 3.87. The number of hydrogen-bond donors (Lipinski definition) is 0. The number of imidazole rings is 1. The molecular weight excluding hydrogens is 257 g/mol. The Hall–Kier alpha value is -1.98. The maximum atomic E-state index is 13.6. The third kappa shape index (κ3) is 2.89. The second-order valence-electron chi connectivity index (χ2n) is 4.30. The Kier molecular flexibility index (Phi) is 3.78. The average Bonchev–Trinajstić information content (AvgIpc) is 2.80. The zero-order valence-corrected chi connectivity index (χ0v) is 10.5. The predicted molar refractivity (Wildman–Crippen MR) is 64.6 cm³/mol. The van der Waals surface area contributed by atoms with Crippen LogP contribution in [0.25, 0.3) is 11.3 Å². The Morgan fingerprint density at radius 3 is 2.58 bits per heavy atom. The molecule has 2 rings (SSSR count). The van der Waals surface area contributed by atoms with Gasteiger partial charge in [-0.25, -0.2) is 9.37 Å². The summed E-state index contributed by atoms with van der Waals surface area (Å²) in [6, 6.07) is 4.04. The summed E-state index contributed by atoms with van der Waals surface area (Å²) in [6.45, 7) is 0.896. The fourth-order valence-electron chi connectivity index (χ4n) is 1.79. The number of nitrogens with zero attached hydrogens (tertiary/aromatic N) is 2. The van der Waals surface area contributed by atoms with E-state index < -0.39 is 18.2 Å². The number of aromatic nitrogens is 2. The molecule has 0 aliphatic heterocycles. The van der Waals surface area contributed by atoms with Crippen molar-refractivity contribution < 1.29 is 17.9 Å². The van der Waals surface area contributed by atoms with Gasteiger partial charge in [0, 0.05) is 11.6 Å². The summed E-state index contributed by atoms with van der Waals surface area (Å²) in [5.74, 6) is -1.29. The van der Waals surface area contributed by atoms with E-state index in [1.807, 2.05) is 18.4 Å². The van der Waals surface area contributed by atoms with E-state index in [1.54, 1.807) is 12.5 Å². The fourth-order valence-corrected chi connectivity index (χ4v) is 1.79. The molecule has 0 aliphatic carbocycles. The van der Waals surface area contributed by atoms with Crippen molar-refractivity contribution in [1.82, 2.24) is 9.55 Å². The van der Waals surface area contributed by atoms with Crippen LogP contribution in [-0.4, -0.2) is 16.2 Å². The van der Waals surface area contributed by atoms with Crippen LogP contribution in [0, 0.1) is 5.82 Å². The van der Waals surface area contributed by atoms with Gasteiger partial charge < -0.3 is 9.30 Å². The van der Waals surface area contributed by atoms with Gasteiger partial charge >= 0.3 is 6.61 Å². The molecule has 0 atom stereocenters. The SMILES string of the molecule is CC(C)n1cncc1-c1ccc(OC(F)F)c(F)c1. The van der Waals surface area contributed by atoms with E-state index in [1.165, 1.54) is 12.1 Å². The lowest BCUT2D eigenvalue weighted by molar-refractivity contribution is -0.0521. The van der Waals surface area contributed by atoms with Crippen LogP contribution in [0.15, 0.2) is 30.7 Å². The van der Waals surface area contributed by atoms with E-state index in [0.717, 1.165) is 11.8 Å². The normalized spacial score (nSPS) is 11.3. The maximum absolute atomic E-state index is 13.6. The number of alkyl halides is 2. The molecule has 0 radical (unpaired) electrons. The van der Waals surface area contributed by atoms with Crippen molar-refractivity contribution in [3.63, 3.8) is 0 Å². The molecule has 19 heavy (non-hydrogen) atoms. The highest BCUT2D eigenvalue weighted by Gasteiger charge is 2.13. The maximum Gasteiger partial charge on any atom is 0.387 e. The minimum Gasteiger partial charge on any atom is -0.432 e. The van der Waals surface area contributed by atoms with Crippen molar-refractivity contribution in [2.75, 3.05) is 0 Å². The lowest BCUT2D eigenvalue weighted by Crippen LogP contribution is -2.04. The van der Waals surface area contributed by atoms with Crippen LogP contribution in [0.1, 0.15) is 19.9 Å². The fraction of sp³-hybridized carbons (Fsp3) is 0.308. The van der Waals surface area contributed by atoms with Gasteiger partial charge in [0.05, 0.1) is 18.2 Å². The Bertz CT molecular complexity index is 567. The van der Waals surface area contributed by atoms with Gasteiger partial charge in [-0.1, -0.05) is 0 Å². The minimum absolute atomic E-state index is 0.164. The zero-order valence-electron chi connectivity index (χ0n) is 10.5. The molecule has 1 aromatic carbocycles. The molecule has 0 spiro atoms. The molecule has 6 heteroatoms. The molecule has 1 aromatic heterocycles. The molecule has 0 saturated heterocycles. The third-order valence-electron chi connectivity index (χ3n) is 2.67. The molecule has 0 bridgehead atoms. The Labute approximate surface area is 108 Å². The van der Waals surface area contributed by atoms with E-state index >= 15 is 0 Å². The van der Waals surface area contributed by atoms with Crippen LogP contribution in [-0.2, 0) is 0 Å². The topological polar surface area (TPSA) is 27.1 Å². The zero-order chi connectivity index (χ0) is 14.0. The molecule has 102 valence electrons. The Morgan fingerprint density at radius 2 is 2.00 bits per heavy atom. The molecule has 0 fully saturated rings. The summed E-state index contributed by atoms with van der Waals surface area (Å²) in [4.78, 5) is 4.01. The van der Waals surface area contributed by atoms with Gasteiger partial charge in [-0.05, 0) is 32.0 Å². The van der Waals surface area contributed by atoms with Gasteiger partial charge in [0.25, 0.3) is 0 Å². The second kappa shape index (κ2) is 5.34. The molecule has 0 N–H and O–H groups in total. The summed E-state index contributed by atoms with van der Waals surface area (Å²) in [7, 11) is 0. The van der Waals surface area contributed by atoms with Crippen LogP contribution in [0.5, 0.6) is 5.75 Å². The summed E-state index contributed by atoms with van der Waals surface area (Å²) in [5.41, 5.74) is 1.28. The van der Waals surface area contributed by atoms with Crippen LogP contribution >= 0.6 is 0 Å². The number of hydrogen-bond acceptors (Lipinski definition) is 2. The highest BCUT2D eigenvalue weighted by atomic mass is 19.3. The van der Waals surface area contributed by atoms with Crippen molar-refractivity contribution in [3.05, 3.63) is 36.5 Å². The second-order valence-corrected chi connectivity index (χ2v) is 4.30. The molecule has 3 nitrogen and oxygen atoms in total. The summed E-state index contributed by atoms with van der Waals surface area (Å²) in [5, 5.41) is 0. The van der Waals surface area contributed by atoms with E-state index in [4.69, 9.17) is 0 Å². The summed E-state index contributed by atoms with van der Waals surface area (Å²) < 4.78 is 43.7. The smallest absolute Gasteiger partial charge is 0.387 e. The number of rotatable bonds is 4. The average molecular weight is 270 g/mol. The lowest BCUT2D eigenvalue weighted by Gasteiger charge is -2.12. The van der Waals surface area contributed by atoms with E-state index in [0.29, 0.717) is 5.56 Å². The number of halogens is 3. The molecule has 0 amide bonds. The van der Waals surface area contributed by atoms with Crippen LogP contribution in [0.2, 0.25) is 0 Å². The standard InChI is InChI=1S/C13H13F3N2O/c1-8(2)18-7-17-6-11(18)9-3-4-12(10(14)5-9)19-13(15)16/h3-8,13H,1-2H3. The molecule has 0 unspecified atom stereocenters. The van der Waals surface area contributed by atoms with Crippen LogP contribution < -0.4 is 4.74 Å². The summed E-state index contributed by atoms with van der Waals surface area (Å²) in [6.07, 6.45) is 3.24. The number of benzene rings is 1. The van der Waals surface area contributed by atoms with Gasteiger partial charge in [-0.15, -0.1) is 0 Å². The van der Waals surface area contributed by atoms with Crippen molar-refractivity contribution in [3.8, 4) is 17.0 Å². The van der Waals surface area contributed by atoms with Gasteiger partial charge in [-0.2, -0.15) is 8.78 Å². The van der Waals surface area contributed by atoms with E-state index in [9.17, 15) is 13.2 Å². The van der Waals surface area contributed by atoms with Gasteiger partial charge in [-0.3, -0.25) is 0 Å². The van der Waals surface area contributed by atoms with Crippen molar-refractivity contribution >= 4 is 0 Å². The highest BCUT2D eigenvalue weighted by Crippen LogP contribution is 2.27. The molecule has 1 heterocycles. The Balaban J connectivity index is 2.36. The first-order valence-corrected chi connectivity index (χ1v) is 5.75. The monoisotopic (exact) mass is 270 g/mol. The molecule has 2 aromatic rings. The van der Waals surface area contributed by atoms with Crippen LogP contribution in [0.4, 0.5) is 13.2 Å². The summed E-state index contributed by atoms with van der Waals surface area (Å²) >= 11 is 0. The lowest BCUT2D eigenvalue weighted by atomic mass is 10.1. The Morgan fingerprint density at radius 1 is 1.26 bits per heavy atom. The van der Waals surface area contributed by atoms with Crippen molar-refractivity contribution in [1.29, 1.82) is 0 Å². The first-order chi connectivity index (χ1) is 8.99. The molecule has 0 saturated carbocycles. The van der Waals surface area contributed by atoms with Crippen molar-refractivity contribution in [2.24, 2.45) is 0 Å². The van der Waals surface area contributed by atoms with Gasteiger partial charge in [0.1, 0.15) is 0 Å². The first-order valence-electron chi connectivity index (χ1n) is 5.75. The third-order valence-corrected chi connectivity index (χ3v) is 2.67. The van der Waals surface area contributed by atoms with E-state index in [-0.39, 0.29) is 6.04 Å². The first kappa shape index (κ1) is 13.5. The van der Waals surface area contributed by atoms with Gasteiger partial charge in [0.2, 0.25) is 0 Å².